The van der Waals surface area contributed by atoms with Gasteiger partial charge in [-0.1, -0.05) is 67.8 Å². The van der Waals surface area contributed by atoms with Gasteiger partial charge in [-0.2, -0.15) is 4.31 Å². The molecule has 0 unspecified atom stereocenters. The second-order valence-corrected chi connectivity index (χ2v) is 11.1. The maximum absolute atomic E-state index is 13.4. The van der Waals surface area contributed by atoms with Gasteiger partial charge in [-0.3, -0.25) is 10.1 Å². The molecule has 2 N–H and O–H groups in total. The van der Waals surface area contributed by atoms with Crippen LogP contribution in [0.4, 0.5) is 10.5 Å². The van der Waals surface area contributed by atoms with Gasteiger partial charge in [0.25, 0.3) is 0 Å². The number of nitrogens with zero attached hydrogens (tertiary/aromatic N) is 2. The van der Waals surface area contributed by atoms with Crippen LogP contribution in [0.15, 0.2) is 65.7 Å². The molecule has 1 aliphatic rings. The Bertz CT molecular complexity index is 1360. The topological polar surface area (TPSA) is 118 Å². The van der Waals surface area contributed by atoms with Gasteiger partial charge in [0.15, 0.2) is 0 Å². The number of carboxylic acids is 1. The van der Waals surface area contributed by atoms with Crippen molar-refractivity contribution >= 4 is 27.8 Å². The third-order valence-corrected chi connectivity index (χ3v) is 7.98. The van der Waals surface area contributed by atoms with Crippen LogP contribution in [0.1, 0.15) is 54.8 Å². The van der Waals surface area contributed by atoms with Crippen molar-refractivity contribution in [3.8, 4) is 11.1 Å². The van der Waals surface area contributed by atoms with E-state index in [-0.39, 0.29) is 53.5 Å². The molecule has 0 saturated heterocycles. The molecule has 40 heavy (non-hydrogen) atoms. The predicted octanol–water partition coefficient (Wildman–Crippen LogP) is 6.64. The number of fused-ring (bicyclic) bond motifs is 1. The lowest BCUT2D eigenvalue weighted by molar-refractivity contribution is -0.141. The molecule has 3 aromatic rings. The number of aromatic nitrogens is 1. The van der Waals surface area contributed by atoms with Crippen molar-refractivity contribution in [2.24, 2.45) is 13.0 Å². The molecule has 0 fully saturated rings. The molecular formula is C30H45N3O6S. The lowest BCUT2D eigenvalue weighted by Gasteiger charge is -2.32. The van der Waals surface area contributed by atoms with E-state index in [0.29, 0.717) is 12.3 Å². The fourth-order valence-corrected chi connectivity index (χ4v) is 5.72. The van der Waals surface area contributed by atoms with E-state index in [1.54, 1.807) is 24.3 Å². The van der Waals surface area contributed by atoms with Gasteiger partial charge in [0, 0.05) is 37.6 Å². The van der Waals surface area contributed by atoms with Crippen molar-refractivity contribution < 1.29 is 27.9 Å². The van der Waals surface area contributed by atoms with E-state index in [0.717, 1.165) is 26.7 Å². The third kappa shape index (κ3) is 7.73. The number of ether oxygens (including phenoxy) is 1. The maximum atomic E-state index is 13.4. The molecule has 2 heterocycles. The number of amides is 1. The number of rotatable bonds is 7. The summed E-state index contributed by atoms with van der Waals surface area (Å²) in [5, 5.41) is 12.4. The smallest absolute Gasteiger partial charge is 0.411 e. The van der Waals surface area contributed by atoms with Crippen molar-refractivity contribution in [1.82, 2.24) is 8.87 Å². The Morgan fingerprint density at radius 1 is 0.975 bits per heavy atom. The molecule has 1 aromatic heterocycles. The molecule has 222 valence electrons. The molecule has 0 aliphatic carbocycles. The SMILES string of the molecule is C.C.C.C.CC(C)COC(=O)Nc1ccc(-c2ccc(S(=O)(=O)N3Cc4ccn(C)c4C[C@@H]3C(=O)O)cc2)cc1. The molecule has 0 radical (unpaired) electrons. The van der Waals surface area contributed by atoms with E-state index in [1.807, 2.05) is 49.9 Å². The molecule has 0 saturated carbocycles. The molecule has 4 rings (SSSR count). The first kappa shape index (κ1) is 36.4. The van der Waals surface area contributed by atoms with E-state index in [2.05, 4.69) is 5.32 Å². The summed E-state index contributed by atoms with van der Waals surface area (Å²) in [5.74, 6) is -0.936. The van der Waals surface area contributed by atoms with Crippen LogP contribution in [-0.4, -0.2) is 47.1 Å². The second kappa shape index (κ2) is 14.7. The van der Waals surface area contributed by atoms with Gasteiger partial charge in [0.1, 0.15) is 6.04 Å². The van der Waals surface area contributed by atoms with Crippen LogP contribution < -0.4 is 5.32 Å². The fraction of sp³-hybridized carbons (Fsp3) is 0.400. The average Bonchev–Trinajstić information content (AvgIpc) is 3.22. The van der Waals surface area contributed by atoms with Crippen LogP contribution in [0, 0.1) is 5.92 Å². The highest BCUT2D eigenvalue weighted by Crippen LogP contribution is 2.31. The molecule has 1 amide bonds. The van der Waals surface area contributed by atoms with E-state index in [9.17, 15) is 23.1 Å². The first-order valence-electron chi connectivity index (χ1n) is 11.6. The van der Waals surface area contributed by atoms with Crippen molar-refractivity contribution in [2.45, 2.75) is 67.5 Å². The largest absolute Gasteiger partial charge is 0.480 e. The van der Waals surface area contributed by atoms with E-state index in [1.165, 1.54) is 12.1 Å². The minimum atomic E-state index is -4.04. The van der Waals surface area contributed by atoms with Crippen molar-refractivity contribution in [2.75, 3.05) is 11.9 Å². The van der Waals surface area contributed by atoms with Crippen LogP contribution in [-0.2, 0) is 39.6 Å². The highest BCUT2D eigenvalue weighted by Gasteiger charge is 2.40. The third-order valence-electron chi connectivity index (χ3n) is 6.11. The van der Waals surface area contributed by atoms with Gasteiger partial charge in [-0.25, -0.2) is 13.2 Å². The molecule has 1 atom stereocenters. The van der Waals surface area contributed by atoms with Gasteiger partial charge in [0.05, 0.1) is 11.5 Å². The Balaban J connectivity index is 0.00000380. The van der Waals surface area contributed by atoms with Crippen LogP contribution in [0.25, 0.3) is 11.1 Å². The minimum Gasteiger partial charge on any atom is -0.480 e. The summed E-state index contributed by atoms with van der Waals surface area (Å²) in [7, 11) is -2.22. The number of hydrogen-bond donors (Lipinski definition) is 2. The lowest BCUT2D eigenvalue weighted by Crippen LogP contribution is -2.48. The number of carbonyl (C=O) groups is 2. The summed E-state index contributed by atoms with van der Waals surface area (Å²) in [5.41, 5.74) is 3.82. The quantitative estimate of drug-likeness (QED) is 0.326. The molecule has 1 aliphatic heterocycles. The highest BCUT2D eigenvalue weighted by molar-refractivity contribution is 7.89. The Labute approximate surface area is 239 Å². The van der Waals surface area contributed by atoms with Crippen LogP contribution in [0.3, 0.4) is 0 Å². The van der Waals surface area contributed by atoms with Crippen molar-refractivity contribution in [1.29, 1.82) is 0 Å². The molecule has 0 spiro atoms. The zero-order valence-electron chi connectivity index (χ0n) is 20.3. The first-order chi connectivity index (χ1) is 17.1. The van der Waals surface area contributed by atoms with Gasteiger partial charge < -0.3 is 14.4 Å². The standard InChI is InChI=1S/C26H29N3O6S.4CH4/c1-17(2)16-35-26(32)27-21-8-4-18(5-9-21)19-6-10-22(11-7-19)36(33,34)29-15-20-12-13-28(3)23(20)14-24(29)25(30)31;;;;/h4-13,17,24H,14-16H2,1-3H3,(H,27,32)(H,30,31);4*1H4/t24-;;;;/m1..../s1. The number of hydrogen-bond acceptors (Lipinski definition) is 5. The summed E-state index contributed by atoms with van der Waals surface area (Å²) in [6, 6.07) is 14.1. The summed E-state index contributed by atoms with van der Waals surface area (Å²) in [6.07, 6.45) is 1.40. The number of anilines is 1. The predicted molar refractivity (Wildman–Crippen MR) is 162 cm³/mol. The summed E-state index contributed by atoms with van der Waals surface area (Å²) < 4.78 is 34.8. The van der Waals surface area contributed by atoms with Crippen molar-refractivity contribution in [3.63, 3.8) is 0 Å². The van der Waals surface area contributed by atoms with Gasteiger partial charge in [0.2, 0.25) is 10.0 Å². The molecule has 9 nitrogen and oxygen atoms in total. The molecule has 2 aromatic carbocycles. The monoisotopic (exact) mass is 575 g/mol. The number of benzene rings is 2. The number of carboxylic acid groups (broad SMARTS) is 1. The van der Waals surface area contributed by atoms with E-state index in [4.69, 9.17) is 4.74 Å². The Hall–Kier alpha value is -3.63. The molecule has 10 heteroatoms. The minimum absolute atomic E-state index is 0. The Morgan fingerprint density at radius 2 is 1.52 bits per heavy atom. The van der Waals surface area contributed by atoms with Crippen LogP contribution in [0.5, 0.6) is 0 Å². The van der Waals surface area contributed by atoms with Gasteiger partial charge in [-0.15, -0.1) is 0 Å². The maximum Gasteiger partial charge on any atom is 0.411 e. The van der Waals surface area contributed by atoms with Crippen LogP contribution in [0.2, 0.25) is 0 Å². The lowest BCUT2D eigenvalue weighted by atomic mass is 10.0. The zero-order valence-corrected chi connectivity index (χ0v) is 21.2. The normalized spacial score (nSPS) is 14.3. The molecule has 0 bridgehead atoms. The van der Waals surface area contributed by atoms with Crippen LogP contribution >= 0.6 is 0 Å². The molecular weight excluding hydrogens is 530 g/mol. The second-order valence-electron chi connectivity index (χ2n) is 9.23. The summed E-state index contributed by atoms with van der Waals surface area (Å²) >= 11 is 0. The average molecular weight is 576 g/mol. The number of aryl methyl sites for hydroxylation is 1. The highest BCUT2D eigenvalue weighted by atomic mass is 32.2. The Kier molecular flexibility index (Phi) is 13.3. The number of nitrogens with one attached hydrogen (secondary N) is 1. The zero-order chi connectivity index (χ0) is 26.0. The van der Waals surface area contributed by atoms with E-state index < -0.39 is 28.1 Å². The van der Waals surface area contributed by atoms with E-state index >= 15 is 0 Å². The summed E-state index contributed by atoms with van der Waals surface area (Å²) in [4.78, 5) is 23.8. The fourth-order valence-electron chi connectivity index (χ4n) is 4.16. The summed E-state index contributed by atoms with van der Waals surface area (Å²) in [6.45, 7) is 4.24. The van der Waals surface area contributed by atoms with Gasteiger partial charge in [-0.05, 0) is 52.9 Å². The Morgan fingerprint density at radius 3 is 2.05 bits per heavy atom. The number of sulfonamides is 1. The number of carbonyl (C=O) groups excluding carboxylic acids is 1. The van der Waals surface area contributed by atoms with Crippen molar-refractivity contribution in [3.05, 3.63) is 72.1 Å². The first-order valence-corrected chi connectivity index (χ1v) is 13.0. The van der Waals surface area contributed by atoms with Gasteiger partial charge >= 0.3 is 12.1 Å². The number of aliphatic carboxylic acids is 1.